The SMILES string of the molecule is CCCCCCCCCCCCN(CCO)CC(O)CCCCCCCCCC. The van der Waals surface area contributed by atoms with Crippen LogP contribution in [-0.2, 0) is 0 Å². The Morgan fingerprint density at radius 1 is 0.552 bits per heavy atom. The first-order chi connectivity index (χ1) is 14.2. The molecule has 0 aromatic carbocycles. The van der Waals surface area contributed by atoms with Crippen LogP contribution < -0.4 is 0 Å². The number of aliphatic hydroxyl groups is 2. The minimum atomic E-state index is -0.232. The zero-order valence-corrected chi connectivity index (χ0v) is 20.2. The van der Waals surface area contributed by atoms with Gasteiger partial charge in [-0.3, -0.25) is 4.90 Å². The van der Waals surface area contributed by atoms with Crippen LogP contribution in [0, 0.1) is 0 Å². The van der Waals surface area contributed by atoms with Gasteiger partial charge in [0.1, 0.15) is 0 Å². The highest BCUT2D eigenvalue weighted by Crippen LogP contribution is 2.13. The van der Waals surface area contributed by atoms with Crippen LogP contribution in [-0.4, -0.2) is 47.5 Å². The van der Waals surface area contributed by atoms with Crippen molar-refractivity contribution in [3.05, 3.63) is 0 Å². The standard InChI is InChI=1S/C26H55NO2/c1-3-5-7-9-11-13-14-16-18-20-22-27(23-24-28)25-26(29)21-19-17-15-12-10-8-6-4-2/h26,28-29H,3-25H2,1-2H3. The van der Waals surface area contributed by atoms with Crippen molar-refractivity contribution < 1.29 is 10.2 Å². The van der Waals surface area contributed by atoms with Gasteiger partial charge in [0, 0.05) is 13.1 Å². The largest absolute Gasteiger partial charge is 0.395 e. The molecule has 0 aliphatic carbocycles. The fourth-order valence-corrected chi connectivity index (χ4v) is 4.16. The minimum Gasteiger partial charge on any atom is -0.395 e. The van der Waals surface area contributed by atoms with E-state index in [0.29, 0.717) is 6.54 Å². The van der Waals surface area contributed by atoms with Crippen LogP contribution in [0.1, 0.15) is 136 Å². The van der Waals surface area contributed by atoms with Crippen molar-refractivity contribution in [1.82, 2.24) is 4.90 Å². The van der Waals surface area contributed by atoms with Gasteiger partial charge in [-0.15, -0.1) is 0 Å². The van der Waals surface area contributed by atoms with Crippen molar-refractivity contribution in [2.45, 2.75) is 142 Å². The van der Waals surface area contributed by atoms with Gasteiger partial charge >= 0.3 is 0 Å². The van der Waals surface area contributed by atoms with E-state index in [1.54, 1.807) is 0 Å². The Balaban J connectivity index is 3.59. The molecular weight excluding hydrogens is 358 g/mol. The summed E-state index contributed by atoms with van der Waals surface area (Å²) in [5, 5.41) is 19.7. The first-order valence-electron chi connectivity index (χ1n) is 13.3. The molecule has 0 bridgehead atoms. The van der Waals surface area contributed by atoms with Crippen molar-refractivity contribution in [2.24, 2.45) is 0 Å². The smallest absolute Gasteiger partial charge is 0.0667 e. The molecule has 0 saturated heterocycles. The fourth-order valence-electron chi connectivity index (χ4n) is 4.16. The number of rotatable bonds is 24. The van der Waals surface area contributed by atoms with E-state index in [0.717, 1.165) is 25.9 Å². The molecule has 0 aromatic rings. The second-order valence-corrected chi connectivity index (χ2v) is 9.12. The number of unbranched alkanes of at least 4 members (excludes halogenated alkanes) is 16. The van der Waals surface area contributed by atoms with Crippen molar-refractivity contribution in [3.8, 4) is 0 Å². The average Bonchev–Trinajstić information content (AvgIpc) is 2.71. The third-order valence-electron chi connectivity index (χ3n) is 6.10. The Hall–Kier alpha value is -0.120. The van der Waals surface area contributed by atoms with Crippen molar-refractivity contribution in [1.29, 1.82) is 0 Å². The predicted molar refractivity (Wildman–Crippen MR) is 129 cm³/mol. The van der Waals surface area contributed by atoms with Crippen molar-refractivity contribution >= 4 is 0 Å². The molecule has 0 fully saturated rings. The molecular formula is C26H55NO2. The second-order valence-electron chi connectivity index (χ2n) is 9.12. The quantitative estimate of drug-likeness (QED) is 0.166. The molecule has 1 unspecified atom stereocenters. The highest BCUT2D eigenvalue weighted by molar-refractivity contribution is 4.65. The molecule has 0 aliphatic heterocycles. The molecule has 3 heteroatoms. The van der Waals surface area contributed by atoms with E-state index >= 15 is 0 Å². The minimum absolute atomic E-state index is 0.197. The summed E-state index contributed by atoms with van der Waals surface area (Å²) in [4.78, 5) is 2.26. The molecule has 0 aliphatic rings. The lowest BCUT2D eigenvalue weighted by Crippen LogP contribution is -2.35. The van der Waals surface area contributed by atoms with E-state index in [4.69, 9.17) is 0 Å². The lowest BCUT2D eigenvalue weighted by Gasteiger charge is -2.24. The van der Waals surface area contributed by atoms with Gasteiger partial charge < -0.3 is 10.2 Å². The van der Waals surface area contributed by atoms with Gasteiger partial charge in [-0.1, -0.05) is 123 Å². The summed E-state index contributed by atoms with van der Waals surface area (Å²) in [6.45, 7) is 7.18. The van der Waals surface area contributed by atoms with Crippen LogP contribution >= 0.6 is 0 Å². The van der Waals surface area contributed by atoms with E-state index < -0.39 is 0 Å². The van der Waals surface area contributed by atoms with Crippen LogP contribution in [0.15, 0.2) is 0 Å². The second kappa shape index (κ2) is 24.2. The van der Waals surface area contributed by atoms with Gasteiger partial charge in [-0.25, -0.2) is 0 Å². The van der Waals surface area contributed by atoms with Crippen LogP contribution in [0.25, 0.3) is 0 Å². The van der Waals surface area contributed by atoms with E-state index in [9.17, 15) is 10.2 Å². The van der Waals surface area contributed by atoms with Crippen molar-refractivity contribution in [3.63, 3.8) is 0 Å². The molecule has 176 valence electrons. The summed E-state index contributed by atoms with van der Waals surface area (Å²) in [7, 11) is 0. The van der Waals surface area contributed by atoms with E-state index in [2.05, 4.69) is 18.7 Å². The zero-order valence-electron chi connectivity index (χ0n) is 20.2. The van der Waals surface area contributed by atoms with Gasteiger partial charge in [0.15, 0.2) is 0 Å². The molecule has 0 rings (SSSR count). The fraction of sp³-hybridized carbons (Fsp3) is 1.00. The highest BCUT2D eigenvalue weighted by Gasteiger charge is 2.11. The topological polar surface area (TPSA) is 43.7 Å². The van der Waals surface area contributed by atoms with Gasteiger partial charge in [0.25, 0.3) is 0 Å². The molecule has 1 atom stereocenters. The molecule has 3 nitrogen and oxygen atoms in total. The van der Waals surface area contributed by atoms with Gasteiger partial charge in [-0.05, 0) is 19.4 Å². The lowest BCUT2D eigenvalue weighted by atomic mass is 10.1. The summed E-state index contributed by atoms with van der Waals surface area (Å²) >= 11 is 0. The van der Waals surface area contributed by atoms with Gasteiger partial charge in [-0.2, -0.15) is 0 Å². The molecule has 0 aromatic heterocycles. The normalized spacial score (nSPS) is 12.7. The maximum atomic E-state index is 10.4. The Labute approximate surface area is 183 Å². The summed E-state index contributed by atoms with van der Waals surface area (Å²) in [5.74, 6) is 0. The third-order valence-corrected chi connectivity index (χ3v) is 6.10. The Morgan fingerprint density at radius 2 is 0.966 bits per heavy atom. The summed E-state index contributed by atoms with van der Waals surface area (Å²) in [5.41, 5.74) is 0. The number of nitrogens with zero attached hydrogens (tertiary/aromatic N) is 1. The molecule has 2 N–H and O–H groups in total. The van der Waals surface area contributed by atoms with Crippen LogP contribution in [0.4, 0.5) is 0 Å². The maximum Gasteiger partial charge on any atom is 0.0667 e. The Morgan fingerprint density at radius 3 is 1.41 bits per heavy atom. The number of hydrogen-bond donors (Lipinski definition) is 2. The average molecular weight is 414 g/mol. The van der Waals surface area contributed by atoms with E-state index in [-0.39, 0.29) is 12.7 Å². The van der Waals surface area contributed by atoms with E-state index in [1.807, 2.05) is 0 Å². The highest BCUT2D eigenvalue weighted by atomic mass is 16.3. The third kappa shape index (κ3) is 22.4. The maximum absolute atomic E-state index is 10.4. The van der Waals surface area contributed by atoms with Crippen LogP contribution in [0.5, 0.6) is 0 Å². The summed E-state index contributed by atoms with van der Waals surface area (Å²) < 4.78 is 0. The number of aliphatic hydroxyl groups excluding tert-OH is 2. The van der Waals surface area contributed by atoms with Crippen LogP contribution in [0.3, 0.4) is 0 Å². The summed E-state index contributed by atoms with van der Waals surface area (Å²) in [6, 6.07) is 0. The molecule has 0 saturated carbocycles. The van der Waals surface area contributed by atoms with E-state index in [1.165, 1.54) is 109 Å². The lowest BCUT2D eigenvalue weighted by molar-refractivity contribution is 0.0905. The monoisotopic (exact) mass is 413 g/mol. The molecule has 0 radical (unpaired) electrons. The zero-order chi connectivity index (χ0) is 21.4. The van der Waals surface area contributed by atoms with Gasteiger partial charge in [0.2, 0.25) is 0 Å². The number of hydrogen-bond acceptors (Lipinski definition) is 3. The first-order valence-corrected chi connectivity index (χ1v) is 13.3. The first kappa shape index (κ1) is 28.9. The Bertz CT molecular complexity index is 298. The molecule has 0 spiro atoms. The molecule has 0 heterocycles. The predicted octanol–water partition coefficient (Wildman–Crippen LogP) is 7.09. The van der Waals surface area contributed by atoms with Crippen molar-refractivity contribution in [2.75, 3.05) is 26.2 Å². The molecule has 0 amide bonds. The summed E-state index contributed by atoms with van der Waals surface area (Å²) in [6.07, 6.45) is 24.7. The molecule has 29 heavy (non-hydrogen) atoms. The van der Waals surface area contributed by atoms with Gasteiger partial charge in [0.05, 0.1) is 12.7 Å². The van der Waals surface area contributed by atoms with Crippen LogP contribution in [0.2, 0.25) is 0 Å². The Kier molecular flexibility index (Phi) is 24.1.